The van der Waals surface area contributed by atoms with Gasteiger partial charge in [-0.05, 0) is 125 Å². The summed E-state index contributed by atoms with van der Waals surface area (Å²) in [6.45, 7) is 13.6. The van der Waals surface area contributed by atoms with E-state index in [4.69, 9.17) is 33.2 Å². The number of rotatable bonds is 50. The van der Waals surface area contributed by atoms with Crippen LogP contribution in [0.4, 0.5) is 4.79 Å². The molecule has 76 heavy (non-hydrogen) atoms. The van der Waals surface area contributed by atoms with E-state index < -0.39 is 24.5 Å². The van der Waals surface area contributed by atoms with Gasteiger partial charge in [0.1, 0.15) is 25.9 Å². The number of nitrogens with one attached hydrogen (secondary N) is 1. The first-order valence-electron chi connectivity index (χ1n) is 30.4. The molecule has 1 aliphatic rings. The first kappa shape index (κ1) is 68.1. The summed E-state index contributed by atoms with van der Waals surface area (Å²) in [4.78, 5) is 66.6. The second-order valence-corrected chi connectivity index (χ2v) is 20.8. The summed E-state index contributed by atoms with van der Waals surface area (Å²) in [6.07, 6.45) is 32.6. The highest BCUT2D eigenvalue weighted by Gasteiger charge is 2.19. The van der Waals surface area contributed by atoms with Gasteiger partial charge in [0.2, 0.25) is 0 Å². The maximum absolute atomic E-state index is 13.2. The Morgan fingerprint density at radius 1 is 0.487 bits per heavy atom. The number of amides is 1. The lowest BCUT2D eigenvalue weighted by molar-refractivity contribution is -0.160. The number of hydrogen-bond acceptors (Lipinski definition) is 13. The molecule has 1 unspecified atom stereocenters. The number of nitrogens with zero attached hydrogens (tertiary/aromatic N) is 1. The van der Waals surface area contributed by atoms with Crippen LogP contribution >= 0.6 is 0 Å². The highest BCUT2D eigenvalue weighted by Crippen LogP contribution is 2.19. The Bertz CT molecular complexity index is 1650. The van der Waals surface area contributed by atoms with Crippen LogP contribution in [0, 0.1) is 0 Å². The summed E-state index contributed by atoms with van der Waals surface area (Å²) >= 11 is 0. The minimum absolute atomic E-state index is 0.0222. The van der Waals surface area contributed by atoms with Gasteiger partial charge in [0, 0.05) is 52.0 Å². The van der Waals surface area contributed by atoms with Crippen molar-refractivity contribution < 1.29 is 57.1 Å². The number of alkyl carbamates (subject to hydrolysis) is 1. The maximum Gasteiger partial charge on any atom is 0.407 e. The minimum Gasteiger partial charge on any atom is -0.465 e. The zero-order valence-electron chi connectivity index (χ0n) is 48.3. The number of allylic oxidation sites excluding steroid dienone is 1. The first-order chi connectivity index (χ1) is 37.1. The molecular formula is C62H106N2O12. The average Bonchev–Trinajstić information content (AvgIpc) is 3.94. The Morgan fingerprint density at radius 2 is 0.934 bits per heavy atom. The number of carbonyl (C=O) groups is 5. The molecule has 0 bridgehead atoms. The third kappa shape index (κ3) is 39.4. The molecule has 0 saturated carbocycles. The average molecular weight is 1070 g/mol. The van der Waals surface area contributed by atoms with Crippen LogP contribution in [0.15, 0.2) is 30.4 Å². The molecule has 14 heteroatoms. The van der Waals surface area contributed by atoms with E-state index in [0.29, 0.717) is 94.4 Å². The summed E-state index contributed by atoms with van der Waals surface area (Å²) < 4.78 is 40.7. The molecule has 1 aliphatic heterocycles. The summed E-state index contributed by atoms with van der Waals surface area (Å²) in [5.41, 5.74) is 1.97. The SMILES string of the molecule is CCCCCC=CCCOC(=O)CCCCCC(=O)OCc1cc(COC(=O)CCC(CCCCCC)OC(=O)NCCN2CCCC2)cc(COC(=O)CCC(OCCCCCCCC)OCCCCCCCC)c1. The number of likely N-dealkylation sites (tertiary alicyclic amines) is 1. The Hall–Kier alpha value is -4.01. The molecular weight excluding hydrogens is 965 g/mol. The van der Waals surface area contributed by atoms with Crippen LogP contribution in [-0.4, -0.2) is 93.3 Å². The smallest absolute Gasteiger partial charge is 0.407 e. The summed E-state index contributed by atoms with van der Waals surface area (Å²) in [5.74, 6) is -1.40. The van der Waals surface area contributed by atoms with Gasteiger partial charge in [-0.15, -0.1) is 0 Å². The van der Waals surface area contributed by atoms with Crippen LogP contribution in [0.2, 0.25) is 0 Å². The summed E-state index contributed by atoms with van der Waals surface area (Å²) in [5, 5.41) is 2.89. The van der Waals surface area contributed by atoms with Gasteiger partial charge in [-0.1, -0.05) is 143 Å². The molecule has 1 fully saturated rings. The van der Waals surface area contributed by atoms with E-state index in [1.807, 2.05) is 18.2 Å². The number of carbonyl (C=O) groups excluding carboxylic acids is 5. The molecule has 1 atom stereocenters. The van der Waals surface area contributed by atoms with Crippen molar-refractivity contribution in [2.24, 2.45) is 0 Å². The van der Waals surface area contributed by atoms with E-state index in [-0.39, 0.29) is 57.0 Å². The van der Waals surface area contributed by atoms with Crippen molar-refractivity contribution in [3.63, 3.8) is 0 Å². The number of esters is 4. The highest BCUT2D eigenvalue weighted by atomic mass is 16.7. The zero-order chi connectivity index (χ0) is 54.9. The lowest BCUT2D eigenvalue weighted by Crippen LogP contribution is -2.35. The lowest BCUT2D eigenvalue weighted by atomic mass is 10.1. The van der Waals surface area contributed by atoms with E-state index >= 15 is 0 Å². The molecule has 0 aromatic heterocycles. The van der Waals surface area contributed by atoms with Gasteiger partial charge in [0.05, 0.1) is 13.0 Å². The van der Waals surface area contributed by atoms with Crippen molar-refractivity contribution in [3.05, 3.63) is 47.0 Å². The van der Waals surface area contributed by atoms with Crippen LogP contribution in [0.25, 0.3) is 0 Å². The van der Waals surface area contributed by atoms with Crippen LogP contribution in [0.3, 0.4) is 0 Å². The van der Waals surface area contributed by atoms with Gasteiger partial charge in [-0.3, -0.25) is 19.2 Å². The molecule has 1 heterocycles. The molecule has 1 N–H and O–H groups in total. The minimum atomic E-state index is -0.485. The third-order valence-corrected chi connectivity index (χ3v) is 13.7. The number of unbranched alkanes of at least 4 members (excludes halogenated alkanes) is 18. The molecule has 1 aromatic carbocycles. The molecule has 436 valence electrons. The van der Waals surface area contributed by atoms with Crippen LogP contribution in [-0.2, 0) is 72.2 Å². The third-order valence-electron chi connectivity index (χ3n) is 13.7. The molecule has 0 aliphatic carbocycles. The number of hydrogen-bond donors (Lipinski definition) is 1. The van der Waals surface area contributed by atoms with Crippen LogP contribution in [0.1, 0.15) is 256 Å². The predicted octanol–water partition coefficient (Wildman–Crippen LogP) is 14.6. The summed E-state index contributed by atoms with van der Waals surface area (Å²) in [7, 11) is 0. The molecule has 14 nitrogen and oxygen atoms in total. The lowest BCUT2D eigenvalue weighted by Gasteiger charge is -2.19. The Morgan fingerprint density at radius 3 is 1.49 bits per heavy atom. The zero-order valence-corrected chi connectivity index (χ0v) is 48.3. The Labute approximate surface area is 460 Å². The molecule has 1 aromatic rings. The van der Waals surface area contributed by atoms with Gasteiger partial charge in [0.15, 0.2) is 6.29 Å². The Balaban J connectivity index is 2.01. The van der Waals surface area contributed by atoms with Gasteiger partial charge in [-0.2, -0.15) is 0 Å². The fraction of sp³-hybridized carbons (Fsp3) is 0.790. The number of ether oxygens (including phenoxy) is 7. The molecule has 1 amide bonds. The van der Waals surface area contributed by atoms with Crippen molar-refractivity contribution in [2.75, 3.05) is 46.0 Å². The van der Waals surface area contributed by atoms with Gasteiger partial charge < -0.3 is 43.4 Å². The fourth-order valence-corrected chi connectivity index (χ4v) is 9.07. The highest BCUT2D eigenvalue weighted by molar-refractivity contribution is 5.71. The quantitative estimate of drug-likeness (QED) is 0.0216. The predicted molar refractivity (Wildman–Crippen MR) is 301 cm³/mol. The second-order valence-electron chi connectivity index (χ2n) is 20.8. The topological polar surface area (TPSA) is 165 Å². The van der Waals surface area contributed by atoms with E-state index in [9.17, 15) is 24.0 Å². The van der Waals surface area contributed by atoms with E-state index in [1.54, 1.807) is 0 Å². The second kappa shape index (κ2) is 48.1. The van der Waals surface area contributed by atoms with E-state index in [0.717, 1.165) is 77.4 Å². The first-order valence-corrected chi connectivity index (χ1v) is 30.4. The van der Waals surface area contributed by atoms with Crippen LogP contribution in [0.5, 0.6) is 0 Å². The molecule has 2 rings (SSSR count). The Kier molecular flexibility index (Phi) is 43.1. The molecule has 1 saturated heterocycles. The van der Waals surface area contributed by atoms with Crippen molar-refractivity contribution in [1.29, 1.82) is 0 Å². The summed E-state index contributed by atoms with van der Waals surface area (Å²) in [6, 6.07) is 5.47. The van der Waals surface area contributed by atoms with Crippen molar-refractivity contribution in [1.82, 2.24) is 10.2 Å². The van der Waals surface area contributed by atoms with Gasteiger partial charge in [-0.25, -0.2) is 4.79 Å². The molecule has 0 radical (unpaired) electrons. The standard InChI is InChI=1S/C62H106N2O12/c1-5-9-13-17-20-23-30-44-70-57(65)34-26-24-27-35-58(66)73-50-53-47-54(51-74-59(67)37-36-56(33-25-16-12-8-4)76-62(69)63-40-43-64-41-28-29-42-64)49-55(48-53)52-75-60(68)38-39-61(71-45-31-21-18-14-10-6-2)72-46-32-22-19-15-11-7-3/h20,23,47-49,56,61H,5-19,21-22,24-46,50-52H2,1-4H3,(H,63,69). The van der Waals surface area contributed by atoms with Crippen molar-refractivity contribution in [2.45, 2.75) is 272 Å². The van der Waals surface area contributed by atoms with Crippen molar-refractivity contribution >= 4 is 30.0 Å². The van der Waals surface area contributed by atoms with E-state index in [2.05, 4.69) is 50.1 Å². The normalized spacial score (nSPS) is 13.1. The maximum atomic E-state index is 13.2. The van der Waals surface area contributed by atoms with Crippen LogP contribution < -0.4 is 5.32 Å². The monoisotopic (exact) mass is 1070 g/mol. The van der Waals surface area contributed by atoms with E-state index in [1.165, 1.54) is 83.5 Å². The van der Waals surface area contributed by atoms with Gasteiger partial charge >= 0.3 is 30.0 Å². The largest absolute Gasteiger partial charge is 0.465 e. The molecule has 0 spiro atoms. The van der Waals surface area contributed by atoms with Gasteiger partial charge in [0.25, 0.3) is 0 Å². The fourth-order valence-electron chi connectivity index (χ4n) is 9.07. The number of benzene rings is 1. The van der Waals surface area contributed by atoms with Crippen molar-refractivity contribution in [3.8, 4) is 0 Å².